The number of phenolic OH excluding ortho intramolecular Hbond substituents is 1. The molecular formula is C29H33N3O3. The lowest BCUT2D eigenvalue weighted by molar-refractivity contribution is -0.131. The van der Waals surface area contributed by atoms with E-state index in [1.807, 2.05) is 66.4 Å². The number of phenols is 1. The van der Waals surface area contributed by atoms with E-state index in [-0.39, 0.29) is 17.6 Å². The normalized spacial score (nSPS) is 13.5. The third-order valence-electron chi connectivity index (χ3n) is 6.45. The Bertz CT molecular complexity index is 1150. The van der Waals surface area contributed by atoms with Crippen LogP contribution in [0.15, 0.2) is 72.8 Å². The van der Waals surface area contributed by atoms with Gasteiger partial charge in [0.15, 0.2) is 0 Å². The van der Waals surface area contributed by atoms with Crippen molar-refractivity contribution in [2.75, 3.05) is 37.6 Å². The smallest absolute Gasteiger partial charge is 0.251 e. The minimum absolute atomic E-state index is 0.0422. The first kappa shape index (κ1) is 24.3. The minimum Gasteiger partial charge on any atom is -0.508 e. The van der Waals surface area contributed by atoms with Crippen molar-refractivity contribution in [2.24, 2.45) is 0 Å². The van der Waals surface area contributed by atoms with E-state index in [0.717, 1.165) is 41.9 Å². The molecule has 1 saturated heterocycles. The molecule has 182 valence electrons. The molecule has 1 aliphatic rings. The number of piperazine rings is 1. The van der Waals surface area contributed by atoms with Crippen LogP contribution in [-0.2, 0) is 11.2 Å². The minimum atomic E-state index is -0.0422. The zero-order chi connectivity index (χ0) is 24.6. The Morgan fingerprint density at radius 1 is 0.914 bits per heavy atom. The van der Waals surface area contributed by atoms with E-state index >= 15 is 0 Å². The van der Waals surface area contributed by atoms with Gasteiger partial charge in [-0.15, -0.1) is 0 Å². The number of rotatable bonds is 8. The summed E-state index contributed by atoms with van der Waals surface area (Å²) >= 11 is 0. The first-order valence-corrected chi connectivity index (χ1v) is 12.3. The average molecular weight is 472 g/mol. The molecule has 0 radical (unpaired) electrons. The van der Waals surface area contributed by atoms with Crippen LogP contribution < -0.4 is 10.2 Å². The molecule has 2 amide bonds. The second-order valence-corrected chi connectivity index (χ2v) is 8.88. The number of hydrogen-bond acceptors (Lipinski definition) is 4. The highest BCUT2D eigenvalue weighted by Crippen LogP contribution is 2.27. The summed E-state index contributed by atoms with van der Waals surface area (Å²) in [6.07, 6.45) is 2.03. The van der Waals surface area contributed by atoms with Crippen LogP contribution in [-0.4, -0.2) is 54.5 Å². The summed E-state index contributed by atoms with van der Waals surface area (Å²) in [6.45, 7) is 5.62. The molecule has 35 heavy (non-hydrogen) atoms. The lowest BCUT2D eigenvalue weighted by atomic mass is 9.96. The zero-order valence-corrected chi connectivity index (χ0v) is 20.2. The first-order valence-electron chi connectivity index (χ1n) is 12.3. The number of nitrogens with one attached hydrogen (secondary N) is 1. The molecule has 1 aliphatic heterocycles. The molecular weight excluding hydrogens is 438 g/mol. The van der Waals surface area contributed by atoms with Crippen LogP contribution in [0.5, 0.6) is 5.75 Å². The molecule has 3 aromatic carbocycles. The maximum absolute atomic E-state index is 12.9. The molecule has 0 aliphatic carbocycles. The molecule has 1 fully saturated rings. The van der Waals surface area contributed by atoms with Crippen LogP contribution in [0.3, 0.4) is 0 Å². The Hall–Kier alpha value is -3.80. The summed E-state index contributed by atoms with van der Waals surface area (Å²) in [5.41, 5.74) is 4.85. The molecule has 6 nitrogen and oxygen atoms in total. The fourth-order valence-corrected chi connectivity index (χ4v) is 4.47. The molecule has 0 spiro atoms. The zero-order valence-electron chi connectivity index (χ0n) is 20.2. The van der Waals surface area contributed by atoms with E-state index in [2.05, 4.69) is 16.3 Å². The number of carbonyl (C=O) groups is 2. The quantitative estimate of drug-likeness (QED) is 0.508. The fourth-order valence-electron chi connectivity index (χ4n) is 4.47. The van der Waals surface area contributed by atoms with Gasteiger partial charge in [-0.25, -0.2) is 0 Å². The average Bonchev–Trinajstić information content (AvgIpc) is 2.90. The predicted molar refractivity (Wildman–Crippen MR) is 140 cm³/mol. The molecule has 3 aromatic rings. The number of anilines is 1. The van der Waals surface area contributed by atoms with Crippen molar-refractivity contribution in [1.82, 2.24) is 10.2 Å². The summed E-state index contributed by atoms with van der Waals surface area (Å²) < 4.78 is 0. The van der Waals surface area contributed by atoms with Gasteiger partial charge in [0.05, 0.1) is 0 Å². The van der Waals surface area contributed by atoms with Gasteiger partial charge in [-0.2, -0.15) is 0 Å². The van der Waals surface area contributed by atoms with Crippen molar-refractivity contribution in [3.8, 4) is 16.9 Å². The van der Waals surface area contributed by atoms with Crippen LogP contribution in [0.1, 0.15) is 35.7 Å². The Morgan fingerprint density at radius 2 is 1.66 bits per heavy atom. The summed E-state index contributed by atoms with van der Waals surface area (Å²) in [4.78, 5) is 29.3. The second kappa shape index (κ2) is 11.6. The predicted octanol–water partition coefficient (Wildman–Crippen LogP) is 4.48. The van der Waals surface area contributed by atoms with Crippen LogP contribution in [0.2, 0.25) is 0 Å². The number of aromatic hydroxyl groups is 1. The van der Waals surface area contributed by atoms with Crippen LogP contribution >= 0.6 is 0 Å². The van der Waals surface area contributed by atoms with E-state index in [9.17, 15) is 14.7 Å². The molecule has 0 bridgehead atoms. The van der Waals surface area contributed by atoms with Crippen LogP contribution in [0, 0.1) is 0 Å². The molecule has 6 heteroatoms. The van der Waals surface area contributed by atoms with E-state index in [0.29, 0.717) is 38.0 Å². The largest absolute Gasteiger partial charge is 0.508 e. The second-order valence-electron chi connectivity index (χ2n) is 8.88. The Balaban J connectivity index is 1.30. The van der Waals surface area contributed by atoms with Crippen molar-refractivity contribution in [3.05, 3.63) is 83.9 Å². The topological polar surface area (TPSA) is 72.9 Å². The highest BCUT2D eigenvalue weighted by molar-refractivity contribution is 5.94. The first-order chi connectivity index (χ1) is 17.0. The third kappa shape index (κ3) is 6.21. The van der Waals surface area contributed by atoms with Gasteiger partial charge in [0, 0.05) is 50.4 Å². The van der Waals surface area contributed by atoms with Crippen LogP contribution in [0.25, 0.3) is 11.1 Å². The highest BCUT2D eigenvalue weighted by atomic mass is 16.3. The van der Waals surface area contributed by atoms with Crippen LogP contribution in [0.4, 0.5) is 5.69 Å². The van der Waals surface area contributed by atoms with Gasteiger partial charge in [-0.3, -0.25) is 9.59 Å². The van der Waals surface area contributed by atoms with E-state index in [1.54, 1.807) is 12.1 Å². The number of nitrogens with zero attached hydrogens (tertiary/aromatic N) is 2. The van der Waals surface area contributed by atoms with Gasteiger partial charge in [0.1, 0.15) is 5.75 Å². The molecule has 0 aromatic heterocycles. The number of benzene rings is 3. The fraction of sp³-hybridized carbons (Fsp3) is 0.310. The third-order valence-corrected chi connectivity index (χ3v) is 6.45. The molecule has 2 N–H and O–H groups in total. The summed E-state index contributed by atoms with van der Waals surface area (Å²) in [5.74, 6) is 0.360. The van der Waals surface area contributed by atoms with Gasteiger partial charge in [-0.1, -0.05) is 43.3 Å². The molecule has 0 saturated carbocycles. The number of aryl methyl sites for hydroxylation is 1. The van der Waals surface area contributed by atoms with Gasteiger partial charge in [0.25, 0.3) is 5.91 Å². The maximum Gasteiger partial charge on any atom is 0.251 e. The van der Waals surface area contributed by atoms with E-state index in [4.69, 9.17) is 0 Å². The Labute approximate surface area is 207 Å². The lowest BCUT2D eigenvalue weighted by Gasteiger charge is -2.36. The highest BCUT2D eigenvalue weighted by Gasteiger charge is 2.21. The SMILES string of the molecule is CCCNC(=O)c1ccc(N2CCN(C(=O)CCc3ccccc3-c3cccc(O)c3)CC2)cc1. The lowest BCUT2D eigenvalue weighted by Crippen LogP contribution is -2.48. The Morgan fingerprint density at radius 3 is 2.37 bits per heavy atom. The van der Waals surface area contributed by atoms with Crippen molar-refractivity contribution in [1.29, 1.82) is 0 Å². The van der Waals surface area contributed by atoms with Crippen molar-refractivity contribution in [3.63, 3.8) is 0 Å². The summed E-state index contributed by atoms with van der Waals surface area (Å²) in [5, 5.41) is 12.7. The molecule has 0 unspecified atom stereocenters. The van der Waals surface area contributed by atoms with Crippen molar-refractivity contribution < 1.29 is 14.7 Å². The maximum atomic E-state index is 12.9. The van der Waals surface area contributed by atoms with E-state index in [1.165, 1.54) is 0 Å². The summed E-state index contributed by atoms with van der Waals surface area (Å²) in [6, 6.07) is 23.0. The van der Waals surface area contributed by atoms with Gasteiger partial charge >= 0.3 is 0 Å². The van der Waals surface area contributed by atoms with Gasteiger partial charge in [0.2, 0.25) is 5.91 Å². The van der Waals surface area contributed by atoms with E-state index < -0.39 is 0 Å². The van der Waals surface area contributed by atoms with Gasteiger partial charge < -0.3 is 20.2 Å². The number of carbonyl (C=O) groups excluding carboxylic acids is 2. The standard InChI is InChI=1S/C29H33N3O3/c1-2-16-30-29(35)23-10-13-25(14-11-23)31-17-19-32(20-18-31)28(34)15-12-22-6-3-4-9-27(22)24-7-5-8-26(33)21-24/h3-11,13-14,21,33H,2,12,15-20H2,1H3,(H,30,35). The van der Waals surface area contributed by atoms with Crippen molar-refractivity contribution >= 4 is 17.5 Å². The molecule has 1 heterocycles. The summed E-state index contributed by atoms with van der Waals surface area (Å²) in [7, 11) is 0. The van der Waals surface area contributed by atoms with Crippen molar-refractivity contribution in [2.45, 2.75) is 26.2 Å². The number of hydrogen-bond donors (Lipinski definition) is 2. The molecule has 0 atom stereocenters. The number of amides is 2. The monoisotopic (exact) mass is 471 g/mol. The molecule has 4 rings (SSSR count). The Kier molecular flexibility index (Phi) is 8.03. The van der Waals surface area contributed by atoms with Gasteiger partial charge in [-0.05, 0) is 65.9 Å².